The summed E-state index contributed by atoms with van der Waals surface area (Å²) in [6.07, 6.45) is 2.47. The zero-order chi connectivity index (χ0) is 13.8. The average molecular weight is 261 g/mol. The van der Waals surface area contributed by atoms with Gasteiger partial charge in [0.2, 0.25) is 5.91 Å². The first-order valence-corrected chi connectivity index (χ1v) is 6.65. The summed E-state index contributed by atoms with van der Waals surface area (Å²) < 4.78 is 0. The largest absolute Gasteiger partial charge is 0.480 e. The molecule has 1 aromatic carbocycles. The molecule has 1 amide bonds. The first kappa shape index (κ1) is 13.6. The second kappa shape index (κ2) is 5.87. The van der Waals surface area contributed by atoms with E-state index in [1.807, 2.05) is 37.3 Å². The number of aliphatic carboxylic acids is 1. The van der Waals surface area contributed by atoms with Gasteiger partial charge < -0.3 is 10.4 Å². The highest BCUT2D eigenvalue weighted by Gasteiger charge is 2.34. The Morgan fingerprint density at radius 2 is 1.95 bits per heavy atom. The van der Waals surface area contributed by atoms with Crippen LogP contribution in [0.2, 0.25) is 0 Å². The van der Waals surface area contributed by atoms with Gasteiger partial charge in [0.05, 0.1) is 0 Å². The van der Waals surface area contributed by atoms with E-state index in [1.165, 1.54) is 0 Å². The fraction of sp³-hybridized carbons (Fsp3) is 0.467. The van der Waals surface area contributed by atoms with E-state index in [2.05, 4.69) is 5.32 Å². The smallest absolute Gasteiger partial charge is 0.326 e. The molecule has 2 N–H and O–H groups in total. The minimum absolute atomic E-state index is 0.0855. The Morgan fingerprint density at radius 1 is 1.32 bits per heavy atom. The van der Waals surface area contributed by atoms with Crippen molar-refractivity contribution in [1.29, 1.82) is 0 Å². The number of rotatable bonds is 6. The van der Waals surface area contributed by atoms with E-state index in [9.17, 15) is 14.7 Å². The Bertz CT molecular complexity index is 454. The van der Waals surface area contributed by atoms with Crippen molar-refractivity contribution >= 4 is 11.9 Å². The molecule has 4 heteroatoms. The Labute approximate surface area is 112 Å². The standard InChI is InChI=1S/C15H19NO3/c1-10(12-7-8-12)14(17)16-13(15(18)19)9-11-5-3-2-4-6-11/h2-6,10,12-13H,7-9H2,1H3,(H,16,17)(H,18,19). The van der Waals surface area contributed by atoms with Crippen molar-refractivity contribution in [3.8, 4) is 0 Å². The summed E-state index contributed by atoms with van der Waals surface area (Å²) in [6, 6.07) is 8.49. The normalized spacial score (nSPS) is 17.5. The maximum Gasteiger partial charge on any atom is 0.326 e. The molecule has 1 aliphatic carbocycles. The molecule has 1 fully saturated rings. The van der Waals surface area contributed by atoms with Gasteiger partial charge in [-0.05, 0) is 24.3 Å². The second-order valence-corrected chi connectivity index (χ2v) is 5.22. The number of carbonyl (C=O) groups excluding carboxylic acids is 1. The number of hydrogen-bond donors (Lipinski definition) is 2. The number of carboxylic acids is 1. The van der Waals surface area contributed by atoms with Crippen molar-refractivity contribution in [3.05, 3.63) is 35.9 Å². The second-order valence-electron chi connectivity index (χ2n) is 5.22. The third kappa shape index (κ3) is 3.81. The molecule has 2 unspecified atom stereocenters. The summed E-state index contributed by atoms with van der Waals surface area (Å²) in [5.41, 5.74) is 0.911. The third-order valence-corrected chi connectivity index (χ3v) is 3.64. The van der Waals surface area contributed by atoms with Crippen LogP contribution in [0.5, 0.6) is 0 Å². The van der Waals surface area contributed by atoms with Gasteiger partial charge in [-0.1, -0.05) is 37.3 Å². The van der Waals surface area contributed by atoms with Gasteiger partial charge in [-0.15, -0.1) is 0 Å². The van der Waals surface area contributed by atoms with Gasteiger partial charge in [-0.2, -0.15) is 0 Å². The van der Waals surface area contributed by atoms with Crippen LogP contribution in [0.25, 0.3) is 0 Å². The highest BCUT2D eigenvalue weighted by atomic mass is 16.4. The Kier molecular flexibility index (Phi) is 4.20. The molecule has 0 aromatic heterocycles. The van der Waals surface area contributed by atoms with Crippen molar-refractivity contribution in [2.24, 2.45) is 11.8 Å². The van der Waals surface area contributed by atoms with Crippen LogP contribution >= 0.6 is 0 Å². The Morgan fingerprint density at radius 3 is 2.47 bits per heavy atom. The molecular weight excluding hydrogens is 242 g/mol. The minimum Gasteiger partial charge on any atom is -0.480 e. The molecule has 102 valence electrons. The van der Waals surface area contributed by atoms with E-state index in [0.717, 1.165) is 18.4 Å². The molecule has 19 heavy (non-hydrogen) atoms. The van der Waals surface area contributed by atoms with Crippen molar-refractivity contribution in [1.82, 2.24) is 5.32 Å². The van der Waals surface area contributed by atoms with Crippen LogP contribution in [0.3, 0.4) is 0 Å². The highest BCUT2D eigenvalue weighted by Crippen LogP contribution is 2.36. The van der Waals surface area contributed by atoms with Gasteiger partial charge in [-0.3, -0.25) is 4.79 Å². The number of carboxylic acid groups (broad SMARTS) is 1. The van der Waals surface area contributed by atoms with Gasteiger partial charge >= 0.3 is 5.97 Å². The van der Waals surface area contributed by atoms with Crippen molar-refractivity contribution in [2.75, 3.05) is 0 Å². The van der Waals surface area contributed by atoms with Gasteiger partial charge in [0.1, 0.15) is 6.04 Å². The molecule has 0 radical (unpaired) electrons. The van der Waals surface area contributed by atoms with E-state index in [0.29, 0.717) is 12.3 Å². The summed E-state index contributed by atoms with van der Waals surface area (Å²) in [7, 11) is 0. The molecule has 1 aromatic rings. The van der Waals surface area contributed by atoms with Crippen molar-refractivity contribution < 1.29 is 14.7 Å². The maximum atomic E-state index is 12.0. The number of nitrogens with one attached hydrogen (secondary N) is 1. The molecule has 1 aliphatic rings. The highest BCUT2D eigenvalue weighted by molar-refractivity contribution is 5.85. The van der Waals surface area contributed by atoms with Crippen molar-refractivity contribution in [2.45, 2.75) is 32.2 Å². The van der Waals surface area contributed by atoms with Crippen molar-refractivity contribution in [3.63, 3.8) is 0 Å². The zero-order valence-corrected chi connectivity index (χ0v) is 11.0. The van der Waals surface area contributed by atoms with E-state index < -0.39 is 12.0 Å². The predicted molar refractivity (Wildman–Crippen MR) is 71.6 cm³/mol. The summed E-state index contributed by atoms with van der Waals surface area (Å²) >= 11 is 0. The van der Waals surface area contributed by atoms with E-state index in [1.54, 1.807) is 0 Å². The fourth-order valence-corrected chi connectivity index (χ4v) is 2.16. The zero-order valence-electron chi connectivity index (χ0n) is 11.0. The van der Waals surface area contributed by atoms with Gasteiger partial charge in [-0.25, -0.2) is 4.79 Å². The monoisotopic (exact) mass is 261 g/mol. The van der Waals surface area contributed by atoms with Crippen LogP contribution in [0.4, 0.5) is 0 Å². The Hall–Kier alpha value is -1.84. The molecule has 2 atom stereocenters. The summed E-state index contributed by atoms with van der Waals surface area (Å²) in [5.74, 6) is -0.783. The quantitative estimate of drug-likeness (QED) is 0.821. The van der Waals surface area contributed by atoms with E-state index in [-0.39, 0.29) is 11.8 Å². The SMILES string of the molecule is CC(C(=O)NC(Cc1ccccc1)C(=O)O)C1CC1. The third-order valence-electron chi connectivity index (χ3n) is 3.64. The van der Waals surface area contributed by atoms with Gasteiger partial charge in [0.15, 0.2) is 0 Å². The van der Waals surface area contributed by atoms with Gasteiger partial charge in [0.25, 0.3) is 0 Å². The minimum atomic E-state index is -0.986. The topological polar surface area (TPSA) is 66.4 Å². The molecule has 4 nitrogen and oxygen atoms in total. The van der Waals surface area contributed by atoms with Gasteiger partial charge in [0, 0.05) is 12.3 Å². The fourth-order valence-electron chi connectivity index (χ4n) is 2.16. The number of benzene rings is 1. The van der Waals surface area contributed by atoms with Crippen LogP contribution in [0.15, 0.2) is 30.3 Å². The first-order chi connectivity index (χ1) is 9.08. The molecule has 0 heterocycles. The molecule has 0 aliphatic heterocycles. The lowest BCUT2D eigenvalue weighted by molar-refractivity contribution is -0.142. The lowest BCUT2D eigenvalue weighted by atomic mass is 10.0. The molecular formula is C15H19NO3. The average Bonchev–Trinajstić information content (AvgIpc) is 3.22. The van der Waals surface area contributed by atoms with E-state index >= 15 is 0 Å². The molecule has 0 bridgehead atoms. The predicted octanol–water partition coefficient (Wildman–Crippen LogP) is 1.84. The lowest BCUT2D eigenvalue weighted by Crippen LogP contribution is -2.44. The van der Waals surface area contributed by atoms with Crippen LogP contribution in [-0.2, 0) is 16.0 Å². The summed E-state index contributed by atoms with van der Waals surface area (Å²) in [4.78, 5) is 23.2. The van der Waals surface area contributed by atoms with Crippen LogP contribution < -0.4 is 5.32 Å². The van der Waals surface area contributed by atoms with E-state index in [4.69, 9.17) is 0 Å². The van der Waals surface area contributed by atoms with Crippen LogP contribution in [-0.4, -0.2) is 23.0 Å². The summed E-state index contributed by atoms with van der Waals surface area (Å²) in [6.45, 7) is 1.87. The summed E-state index contributed by atoms with van der Waals surface area (Å²) in [5, 5.41) is 11.9. The molecule has 0 spiro atoms. The van der Waals surface area contributed by atoms with Crippen LogP contribution in [0.1, 0.15) is 25.3 Å². The lowest BCUT2D eigenvalue weighted by Gasteiger charge is -2.17. The van der Waals surface area contributed by atoms with Crippen LogP contribution in [0, 0.1) is 11.8 Å². The Balaban J connectivity index is 1.96. The molecule has 1 saturated carbocycles. The first-order valence-electron chi connectivity index (χ1n) is 6.65. The number of carbonyl (C=O) groups is 2. The number of amides is 1. The molecule has 0 saturated heterocycles. The number of hydrogen-bond acceptors (Lipinski definition) is 2. The maximum absolute atomic E-state index is 12.0. The molecule has 2 rings (SSSR count).